The van der Waals surface area contributed by atoms with E-state index in [1.807, 2.05) is 36.1 Å². The molecule has 2 aromatic carbocycles. The summed E-state index contributed by atoms with van der Waals surface area (Å²) < 4.78 is 16.7. The molecule has 0 radical (unpaired) electrons. The summed E-state index contributed by atoms with van der Waals surface area (Å²) in [6.07, 6.45) is 1.81. The summed E-state index contributed by atoms with van der Waals surface area (Å²) in [5, 5.41) is 0. The number of amides is 1. The molecule has 0 aliphatic carbocycles. The smallest absolute Gasteiger partial charge is 0.294 e. The molecule has 1 spiro atoms. The number of nitrogens with zero attached hydrogens (tertiary/aromatic N) is 1. The van der Waals surface area contributed by atoms with Gasteiger partial charge in [-0.2, -0.15) is 0 Å². The normalized spacial score (nSPS) is 17.2. The van der Waals surface area contributed by atoms with Gasteiger partial charge < -0.3 is 18.8 Å². The number of fused-ring (bicyclic) bond motifs is 2. The SMILES string of the molecule is COc1cccc(-c2ccc3c(c2)C2(CCOCC2)CN3C(=O)c2ccc(C)o2)c1. The summed E-state index contributed by atoms with van der Waals surface area (Å²) in [6.45, 7) is 3.94. The maximum absolute atomic E-state index is 13.3. The van der Waals surface area contributed by atoms with Crippen molar-refractivity contribution in [3.05, 3.63) is 71.7 Å². The van der Waals surface area contributed by atoms with Crippen LogP contribution in [-0.4, -0.2) is 32.8 Å². The average molecular weight is 403 g/mol. The summed E-state index contributed by atoms with van der Waals surface area (Å²) in [6, 6.07) is 18.1. The van der Waals surface area contributed by atoms with Crippen molar-refractivity contribution in [3.8, 4) is 16.9 Å². The van der Waals surface area contributed by atoms with Crippen LogP contribution in [0.1, 0.15) is 34.7 Å². The summed E-state index contributed by atoms with van der Waals surface area (Å²) >= 11 is 0. The molecule has 1 saturated heterocycles. The van der Waals surface area contributed by atoms with Gasteiger partial charge in [-0.05, 0) is 72.9 Å². The predicted octanol–water partition coefficient (Wildman–Crippen LogP) is 4.97. The molecule has 154 valence electrons. The second-order valence-corrected chi connectivity index (χ2v) is 8.16. The molecule has 0 unspecified atom stereocenters. The quantitative estimate of drug-likeness (QED) is 0.619. The largest absolute Gasteiger partial charge is 0.497 e. The second kappa shape index (κ2) is 7.33. The van der Waals surface area contributed by atoms with Gasteiger partial charge in [0.1, 0.15) is 11.5 Å². The number of ether oxygens (including phenoxy) is 2. The van der Waals surface area contributed by atoms with Crippen molar-refractivity contribution >= 4 is 11.6 Å². The van der Waals surface area contributed by atoms with Gasteiger partial charge in [-0.15, -0.1) is 0 Å². The van der Waals surface area contributed by atoms with Crippen molar-refractivity contribution in [2.45, 2.75) is 25.2 Å². The highest BCUT2D eigenvalue weighted by Gasteiger charge is 2.46. The van der Waals surface area contributed by atoms with Crippen LogP contribution in [0.25, 0.3) is 11.1 Å². The fraction of sp³-hybridized carbons (Fsp3) is 0.320. The molecule has 5 rings (SSSR count). The first kappa shape index (κ1) is 18.9. The van der Waals surface area contributed by atoms with Gasteiger partial charge in [0.25, 0.3) is 5.91 Å². The molecule has 3 aromatic rings. The highest BCUT2D eigenvalue weighted by atomic mass is 16.5. The van der Waals surface area contributed by atoms with Crippen molar-refractivity contribution in [2.75, 3.05) is 31.8 Å². The number of rotatable bonds is 3. The molecule has 1 aromatic heterocycles. The molecule has 0 saturated carbocycles. The lowest BCUT2D eigenvalue weighted by Gasteiger charge is -2.34. The van der Waals surface area contributed by atoms with Gasteiger partial charge in [-0.3, -0.25) is 4.79 Å². The van der Waals surface area contributed by atoms with Crippen molar-refractivity contribution in [3.63, 3.8) is 0 Å². The van der Waals surface area contributed by atoms with E-state index in [1.165, 1.54) is 5.56 Å². The maximum Gasteiger partial charge on any atom is 0.294 e. The summed E-state index contributed by atoms with van der Waals surface area (Å²) in [7, 11) is 1.68. The Labute approximate surface area is 176 Å². The van der Waals surface area contributed by atoms with Crippen LogP contribution in [0.15, 0.2) is 59.0 Å². The average Bonchev–Trinajstić information content (AvgIpc) is 3.35. The molecular weight excluding hydrogens is 378 g/mol. The molecule has 2 aliphatic heterocycles. The molecule has 2 aliphatic rings. The van der Waals surface area contributed by atoms with E-state index >= 15 is 0 Å². The highest BCUT2D eigenvalue weighted by molar-refractivity contribution is 6.06. The molecule has 0 atom stereocenters. The van der Waals surface area contributed by atoms with Crippen LogP contribution < -0.4 is 9.64 Å². The zero-order valence-electron chi connectivity index (χ0n) is 17.3. The Morgan fingerprint density at radius 2 is 1.83 bits per heavy atom. The second-order valence-electron chi connectivity index (χ2n) is 8.16. The van der Waals surface area contributed by atoms with Crippen molar-refractivity contribution in [1.29, 1.82) is 0 Å². The molecule has 0 bridgehead atoms. The van der Waals surface area contributed by atoms with Crippen LogP contribution in [0.3, 0.4) is 0 Å². The summed E-state index contributed by atoms with van der Waals surface area (Å²) in [5.74, 6) is 1.88. The van der Waals surface area contributed by atoms with E-state index in [-0.39, 0.29) is 11.3 Å². The number of carbonyl (C=O) groups excluding carboxylic acids is 1. The van der Waals surface area contributed by atoms with E-state index in [1.54, 1.807) is 13.2 Å². The Balaban J connectivity index is 1.59. The minimum Gasteiger partial charge on any atom is -0.497 e. The maximum atomic E-state index is 13.3. The lowest BCUT2D eigenvalue weighted by atomic mass is 9.75. The van der Waals surface area contributed by atoms with E-state index in [2.05, 4.69) is 24.3 Å². The minimum absolute atomic E-state index is 0.0816. The Kier molecular flexibility index (Phi) is 4.63. The van der Waals surface area contributed by atoms with Crippen LogP contribution in [0.2, 0.25) is 0 Å². The Hall–Kier alpha value is -3.05. The number of anilines is 1. The van der Waals surface area contributed by atoms with E-state index in [0.717, 1.165) is 41.2 Å². The number of benzene rings is 2. The molecule has 5 nitrogen and oxygen atoms in total. The van der Waals surface area contributed by atoms with E-state index in [4.69, 9.17) is 13.9 Å². The van der Waals surface area contributed by atoms with E-state index in [0.29, 0.717) is 25.5 Å². The summed E-state index contributed by atoms with van der Waals surface area (Å²) in [4.78, 5) is 15.2. The third-order valence-corrected chi connectivity index (χ3v) is 6.37. The lowest BCUT2D eigenvalue weighted by molar-refractivity contribution is 0.0546. The first-order valence-electron chi connectivity index (χ1n) is 10.3. The van der Waals surface area contributed by atoms with Crippen molar-refractivity contribution < 1.29 is 18.7 Å². The third-order valence-electron chi connectivity index (χ3n) is 6.37. The zero-order chi connectivity index (χ0) is 20.7. The molecule has 1 fully saturated rings. The Bertz CT molecular complexity index is 1090. The monoisotopic (exact) mass is 403 g/mol. The molecule has 5 heteroatoms. The number of carbonyl (C=O) groups is 1. The molecule has 0 N–H and O–H groups in total. The van der Waals surface area contributed by atoms with Crippen LogP contribution in [-0.2, 0) is 10.2 Å². The van der Waals surface area contributed by atoms with Crippen molar-refractivity contribution in [1.82, 2.24) is 0 Å². The first-order chi connectivity index (χ1) is 14.6. The topological polar surface area (TPSA) is 51.9 Å². The van der Waals surface area contributed by atoms with Gasteiger partial charge in [-0.25, -0.2) is 0 Å². The Morgan fingerprint density at radius 1 is 1.03 bits per heavy atom. The van der Waals surface area contributed by atoms with Gasteiger partial charge in [0.15, 0.2) is 5.76 Å². The number of methoxy groups -OCH3 is 1. The fourth-order valence-corrected chi connectivity index (χ4v) is 4.70. The van der Waals surface area contributed by atoms with Crippen molar-refractivity contribution in [2.24, 2.45) is 0 Å². The Morgan fingerprint density at radius 3 is 2.57 bits per heavy atom. The lowest BCUT2D eigenvalue weighted by Crippen LogP contribution is -2.40. The van der Waals surface area contributed by atoms with Crippen LogP contribution in [0.4, 0.5) is 5.69 Å². The minimum atomic E-state index is -0.0836. The van der Waals surface area contributed by atoms with Gasteiger partial charge in [0, 0.05) is 30.9 Å². The standard InChI is InChI=1S/C25H25NO4/c1-17-6-9-23(30-17)24(27)26-16-25(10-12-29-13-11-25)21-15-19(7-8-22(21)26)18-4-3-5-20(14-18)28-2/h3-9,14-15H,10-13,16H2,1-2H3. The van der Waals surface area contributed by atoms with E-state index < -0.39 is 0 Å². The third kappa shape index (κ3) is 3.10. The fourth-order valence-electron chi connectivity index (χ4n) is 4.70. The first-order valence-corrected chi connectivity index (χ1v) is 10.3. The number of hydrogen-bond donors (Lipinski definition) is 0. The molecule has 30 heavy (non-hydrogen) atoms. The zero-order valence-corrected chi connectivity index (χ0v) is 17.3. The van der Waals surface area contributed by atoms with Gasteiger partial charge >= 0.3 is 0 Å². The molecular formula is C25H25NO4. The summed E-state index contributed by atoms with van der Waals surface area (Å²) in [5.41, 5.74) is 4.34. The van der Waals surface area contributed by atoms with Crippen LogP contribution in [0, 0.1) is 6.92 Å². The van der Waals surface area contributed by atoms with Gasteiger partial charge in [0.05, 0.1) is 7.11 Å². The van der Waals surface area contributed by atoms with Crippen LogP contribution >= 0.6 is 0 Å². The van der Waals surface area contributed by atoms with Gasteiger partial charge in [0.2, 0.25) is 0 Å². The number of furan rings is 1. The molecule has 1 amide bonds. The predicted molar refractivity (Wildman–Crippen MR) is 115 cm³/mol. The number of hydrogen-bond acceptors (Lipinski definition) is 4. The highest BCUT2D eigenvalue weighted by Crippen LogP contribution is 2.48. The molecule has 3 heterocycles. The van der Waals surface area contributed by atoms with Gasteiger partial charge in [-0.1, -0.05) is 18.2 Å². The van der Waals surface area contributed by atoms with Crippen LogP contribution in [0.5, 0.6) is 5.75 Å². The number of aryl methyl sites for hydroxylation is 1. The van der Waals surface area contributed by atoms with E-state index in [9.17, 15) is 4.79 Å².